The van der Waals surface area contributed by atoms with Gasteiger partial charge in [-0.1, -0.05) is 72.8 Å². The second-order valence-corrected chi connectivity index (χ2v) is 8.17. The predicted molar refractivity (Wildman–Crippen MR) is 125 cm³/mol. The number of rotatable bonds is 1. The predicted octanol–water partition coefficient (Wildman–Crippen LogP) is 4.54. The molecule has 7 rings (SSSR count). The highest BCUT2D eigenvalue weighted by atomic mass is 16.5. The number of aromatic nitrogens is 1. The van der Waals surface area contributed by atoms with E-state index in [-0.39, 0.29) is 6.71 Å². The molecule has 0 amide bonds. The molecule has 0 bridgehead atoms. The SMILES string of the molecule is Cc1c(-c2ccccc2)c2cccc3c2n1-c1cccc2c1B3c1ccccc1O2. The van der Waals surface area contributed by atoms with E-state index in [0.29, 0.717) is 0 Å². The Morgan fingerprint density at radius 3 is 2.33 bits per heavy atom. The van der Waals surface area contributed by atoms with Gasteiger partial charge in [0.1, 0.15) is 11.5 Å². The van der Waals surface area contributed by atoms with Gasteiger partial charge < -0.3 is 9.30 Å². The van der Waals surface area contributed by atoms with E-state index in [1.807, 2.05) is 0 Å². The van der Waals surface area contributed by atoms with Gasteiger partial charge in [0.2, 0.25) is 0 Å². The Bertz CT molecular complexity index is 1480. The van der Waals surface area contributed by atoms with Crippen molar-refractivity contribution in [2.24, 2.45) is 0 Å². The third kappa shape index (κ3) is 1.90. The number of ether oxygens (including phenoxy) is 1. The second kappa shape index (κ2) is 5.67. The third-order valence-corrected chi connectivity index (χ3v) is 6.65. The lowest BCUT2D eigenvalue weighted by molar-refractivity contribution is 0.487. The summed E-state index contributed by atoms with van der Waals surface area (Å²) in [6.07, 6.45) is 0. The van der Waals surface area contributed by atoms with Crippen LogP contribution in [-0.2, 0) is 0 Å². The van der Waals surface area contributed by atoms with E-state index in [1.165, 1.54) is 49.8 Å². The maximum atomic E-state index is 6.35. The van der Waals surface area contributed by atoms with E-state index < -0.39 is 0 Å². The lowest BCUT2D eigenvalue weighted by atomic mass is 9.34. The van der Waals surface area contributed by atoms with Gasteiger partial charge in [0.25, 0.3) is 6.71 Å². The molecule has 0 radical (unpaired) electrons. The van der Waals surface area contributed by atoms with Gasteiger partial charge in [0.05, 0.1) is 0 Å². The summed E-state index contributed by atoms with van der Waals surface area (Å²) < 4.78 is 8.80. The minimum atomic E-state index is 0.190. The molecule has 3 heteroatoms. The maximum absolute atomic E-state index is 6.35. The Hall–Kier alpha value is -3.72. The van der Waals surface area contributed by atoms with Crippen molar-refractivity contribution in [3.8, 4) is 28.3 Å². The molecule has 30 heavy (non-hydrogen) atoms. The van der Waals surface area contributed by atoms with Gasteiger partial charge in [-0.05, 0) is 47.1 Å². The monoisotopic (exact) mass is 383 g/mol. The van der Waals surface area contributed by atoms with Gasteiger partial charge in [-0.3, -0.25) is 0 Å². The fraction of sp³-hybridized carbons (Fsp3) is 0.0370. The van der Waals surface area contributed by atoms with Gasteiger partial charge in [-0.2, -0.15) is 0 Å². The molecule has 0 N–H and O–H groups in total. The van der Waals surface area contributed by atoms with Crippen LogP contribution < -0.4 is 21.1 Å². The fourth-order valence-electron chi connectivity index (χ4n) is 5.51. The average molecular weight is 383 g/mol. The Morgan fingerprint density at radius 2 is 1.43 bits per heavy atom. The first-order valence-electron chi connectivity index (χ1n) is 10.4. The quantitative estimate of drug-likeness (QED) is 0.380. The lowest BCUT2D eigenvalue weighted by Gasteiger charge is -2.33. The molecule has 0 saturated heterocycles. The Kier molecular flexibility index (Phi) is 3.05. The molecule has 0 fully saturated rings. The summed E-state index contributed by atoms with van der Waals surface area (Å²) in [5, 5.41) is 1.32. The zero-order chi connectivity index (χ0) is 19.8. The van der Waals surface area contributed by atoms with Gasteiger partial charge in [0, 0.05) is 27.8 Å². The number of hydrogen-bond donors (Lipinski definition) is 0. The fourth-order valence-corrected chi connectivity index (χ4v) is 5.51. The first-order chi connectivity index (χ1) is 14.8. The summed E-state index contributed by atoms with van der Waals surface area (Å²) in [6.45, 7) is 2.43. The van der Waals surface area contributed by atoms with Crippen molar-refractivity contribution in [2.45, 2.75) is 6.92 Å². The second-order valence-electron chi connectivity index (χ2n) is 8.17. The molecule has 2 nitrogen and oxygen atoms in total. The molecule has 0 aliphatic carbocycles. The van der Waals surface area contributed by atoms with Gasteiger partial charge >= 0.3 is 0 Å². The molecule has 5 aromatic rings. The highest BCUT2D eigenvalue weighted by molar-refractivity contribution is 6.99. The number of benzene rings is 4. The lowest BCUT2D eigenvalue weighted by Crippen LogP contribution is -2.58. The molecule has 4 aromatic carbocycles. The highest BCUT2D eigenvalue weighted by Crippen LogP contribution is 2.39. The molecule has 0 unspecified atom stereocenters. The van der Waals surface area contributed by atoms with Crippen molar-refractivity contribution < 1.29 is 4.74 Å². The van der Waals surface area contributed by atoms with Crippen molar-refractivity contribution in [3.63, 3.8) is 0 Å². The number of para-hydroxylation sites is 2. The number of nitrogens with zero attached hydrogens (tertiary/aromatic N) is 1. The molecule has 3 heterocycles. The topological polar surface area (TPSA) is 14.2 Å². The minimum absolute atomic E-state index is 0.190. The largest absolute Gasteiger partial charge is 0.458 e. The first kappa shape index (κ1) is 16.1. The van der Waals surface area contributed by atoms with E-state index in [9.17, 15) is 0 Å². The van der Waals surface area contributed by atoms with Crippen LogP contribution in [0.25, 0.3) is 27.7 Å². The van der Waals surface area contributed by atoms with E-state index >= 15 is 0 Å². The van der Waals surface area contributed by atoms with Crippen LogP contribution in [0.5, 0.6) is 11.5 Å². The van der Waals surface area contributed by atoms with Crippen LogP contribution in [-0.4, -0.2) is 11.3 Å². The Labute approximate surface area is 175 Å². The van der Waals surface area contributed by atoms with Crippen LogP contribution in [0.2, 0.25) is 0 Å². The molecule has 1 aromatic heterocycles. The third-order valence-electron chi connectivity index (χ3n) is 6.65. The zero-order valence-corrected chi connectivity index (χ0v) is 16.6. The molecule has 140 valence electrons. The van der Waals surface area contributed by atoms with Crippen LogP contribution in [0.15, 0.2) is 91.0 Å². The smallest absolute Gasteiger partial charge is 0.256 e. The van der Waals surface area contributed by atoms with Crippen molar-refractivity contribution in [1.82, 2.24) is 4.57 Å². The summed E-state index contributed by atoms with van der Waals surface area (Å²) in [6, 6.07) is 32.4. The van der Waals surface area contributed by atoms with Crippen LogP contribution in [0.1, 0.15) is 5.69 Å². The Balaban J connectivity index is 1.67. The van der Waals surface area contributed by atoms with E-state index in [0.717, 1.165) is 11.5 Å². The summed E-state index contributed by atoms with van der Waals surface area (Å²) >= 11 is 0. The van der Waals surface area contributed by atoms with Crippen molar-refractivity contribution in [1.29, 1.82) is 0 Å². The number of fused-ring (bicyclic) bond motifs is 4. The standard InChI is InChI=1S/C27H18BNO/c1-17-25(18-9-3-2-4-10-18)19-11-7-13-21-27(19)29(17)22-14-8-16-24-26(22)28(21)20-12-5-6-15-23(20)30-24/h2-16H,1H3. The molecular weight excluding hydrogens is 365 g/mol. The van der Waals surface area contributed by atoms with Crippen molar-refractivity contribution >= 4 is 34.0 Å². The van der Waals surface area contributed by atoms with Crippen LogP contribution in [0.4, 0.5) is 0 Å². The molecule has 2 aliphatic rings. The molecular formula is C27H18BNO. The van der Waals surface area contributed by atoms with E-state index in [2.05, 4.69) is 102 Å². The van der Waals surface area contributed by atoms with Crippen LogP contribution >= 0.6 is 0 Å². The average Bonchev–Trinajstić information content (AvgIpc) is 3.10. The van der Waals surface area contributed by atoms with Crippen LogP contribution in [0.3, 0.4) is 0 Å². The normalized spacial score (nSPS) is 13.0. The molecule has 2 aliphatic heterocycles. The van der Waals surface area contributed by atoms with E-state index in [1.54, 1.807) is 0 Å². The van der Waals surface area contributed by atoms with Gasteiger partial charge in [-0.15, -0.1) is 0 Å². The molecule has 0 spiro atoms. The van der Waals surface area contributed by atoms with Crippen molar-refractivity contribution in [2.75, 3.05) is 0 Å². The number of hydrogen-bond acceptors (Lipinski definition) is 1. The van der Waals surface area contributed by atoms with Gasteiger partial charge in [0.15, 0.2) is 0 Å². The zero-order valence-electron chi connectivity index (χ0n) is 16.6. The van der Waals surface area contributed by atoms with E-state index in [4.69, 9.17) is 4.74 Å². The summed E-state index contributed by atoms with van der Waals surface area (Å²) in [4.78, 5) is 0. The minimum Gasteiger partial charge on any atom is -0.458 e. The molecule has 0 saturated carbocycles. The summed E-state index contributed by atoms with van der Waals surface area (Å²) in [7, 11) is 0. The van der Waals surface area contributed by atoms with Gasteiger partial charge in [-0.25, -0.2) is 0 Å². The summed E-state index contributed by atoms with van der Waals surface area (Å²) in [5.74, 6) is 1.93. The maximum Gasteiger partial charge on any atom is 0.256 e. The van der Waals surface area contributed by atoms with Crippen molar-refractivity contribution in [3.05, 3.63) is 96.7 Å². The summed E-state index contributed by atoms with van der Waals surface area (Å²) in [5.41, 5.74) is 10.3. The first-order valence-corrected chi connectivity index (χ1v) is 10.4. The molecule has 0 atom stereocenters. The Morgan fingerprint density at radius 1 is 0.700 bits per heavy atom. The highest BCUT2D eigenvalue weighted by Gasteiger charge is 2.40. The van der Waals surface area contributed by atoms with Crippen LogP contribution in [0, 0.1) is 6.92 Å².